The van der Waals surface area contributed by atoms with E-state index >= 15 is 0 Å². The maximum Gasteiger partial charge on any atom is 0.264 e. The van der Waals surface area contributed by atoms with Crippen molar-refractivity contribution in [3.05, 3.63) is 54.1 Å². The highest BCUT2D eigenvalue weighted by Crippen LogP contribution is 2.37. The van der Waals surface area contributed by atoms with Gasteiger partial charge in [-0.25, -0.2) is 21.1 Å². The number of anilines is 1. The highest BCUT2D eigenvalue weighted by molar-refractivity contribution is 7.92. The number of hydrogen-bond donors (Lipinski definition) is 0. The molecule has 2 aliphatic heterocycles. The van der Waals surface area contributed by atoms with Gasteiger partial charge in [0.2, 0.25) is 10.0 Å². The summed E-state index contributed by atoms with van der Waals surface area (Å²) in [6, 6.07) is 14.3. The number of sulfonamides is 2. The predicted octanol–water partition coefficient (Wildman–Crippen LogP) is 3.58. The second kappa shape index (κ2) is 9.03. The Morgan fingerprint density at radius 2 is 1.53 bits per heavy atom. The third kappa shape index (κ3) is 4.79. The summed E-state index contributed by atoms with van der Waals surface area (Å²) in [6.07, 6.45) is 4.10. The number of rotatable bonds is 5. The number of ether oxygens (including phenoxy) is 1. The fourth-order valence-corrected chi connectivity index (χ4v) is 6.89. The van der Waals surface area contributed by atoms with Crippen LogP contribution in [0.4, 0.5) is 5.69 Å². The van der Waals surface area contributed by atoms with Gasteiger partial charge in [-0.05, 0) is 67.5 Å². The molecule has 9 heteroatoms. The molecule has 1 saturated heterocycles. The first-order valence-electron chi connectivity index (χ1n) is 11.0. The van der Waals surface area contributed by atoms with E-state index in [1.54, 1.807) is 24.3 Å². The van der Waals surface area contributed by atoms with Crippen LogP contribution in [-0.4, -0.2) is 53.1 Å². The first-order chi connectivity index (χ1) is 15.2. The van der Waals surface area contributed by atoms with Gasteiger partial charge in [-0.3, -0.25) is 4.31 Å². The third-order valence-electron chi connectivity index (χ3n) is 6.32. The Kier molecular flexibility index (Phi) is 6.51. The Morgan fingerprint density at radius 3 is 2.19 bits per heavy atom. The minimum atomic E-state index is -3.69. The average molecular weight is 479 g/mol. The van der Waals surface area contributed by atoms with E-state index in [0.717, 1.165) is 24.1 Å². The van der Waals surface area contributed by atoms with Gasteiger partial charge in [-0.1, -0.05) is 25.1 Å². The van der Waals surface area contributed by atoms with Crippen molar-refractivity contribution >= 4 is 25.7 Å². The average Bonchev–Trinajstić information content (AvgIpc) is 2.93. The SMILES string of the molecule is CC1CCCN(S(=O)(=O)c2ccc(OC3CCN(S(C)(=O)=O)CC3)cc2)c2ccccc21. The van der Waals surface area contributed by atoms with Gasteiger partial charge in [0.05, 0.1) is 16.8 Å². The lowest BCUT2D eigenvalue weighted by Crippen LogP contribution is -2.41. The number of nitrogens with zero attached hydrogens (tertiary/aromatic N) is 2. The lowest BCUT2D eigenvalue weighted by atomic mass is 9.96. The van der Waals surface area contributed by atoms with Gasteiger partial charge in [-0.15, -0.1) is 0 Å². The van der Waals surface area contributed by atoms with E-state index in [1.165, 1.54) is 14.9 Å². The van der Waals surface area contributed by atoms with E-state index in [4.69, 9.17) is 4.74 Å². The molecule has 4 rings (SSSR count). The van der Waals surface area contributed by atoms with Crippen molar-refractivity contribution in [1.29, 1.82) is 0 Å². The van der Waals surface area contributed by atoms with Crippen molar-refractivity contribution in [2.45, 2.75) is 49.5 Å². The lowest BCUT2D eigenvalue weighted by molar-refractivity contribution is 0.135. The summed E-state index contributed by atoms with van der Waals surface area (Å²) in [5, 5.41) is 0. The van der Waals surface area contributed by atoms with E-state index in [0.29, 0.717) is 44.1 Å². The zero-order chi connectivity index (χ0) is 22.9. The van der Waals surface area contributed by atoms with E-state index in [2.05, 4.69) is 6.92 Å². The molecule has 0 saturated carbocycles. The van der Waals surface area contributed by atoms with E-state index in [-0.39, 0.29) is 11.0 Å². The fraction of sp³-hybridized carbons (Fsp3) is 0.478. The molecule has 0 amide bonds. The zero-order valence-electron chi connectivity index (χ0n) is 18.5. The van der Waals surface area contributed by atoms with Gasteiger partial charge < -0.3 is 4.74 Å². The van der Waals surface area contributed by atoms with E-state index < -0.39 is 20.0 Å². The maximum absolute atomic E-state index is 13.5. The molecule has 0 aliphatic carbocycles. The number of piperidine rings is 1. The summed E-state index contributed by atoms with van der Waals surface area (Å²) in [4.78, 5) is 0.237. The van der Waals surface area contributed by atoms with Crippen LogP contribution in [0, 0.1) is 0 Å². The van der Waals surface area contributed by atoms with Gasteiger partial charge in [0.25, 0.3) is 10.0 Å². The van der Waals surface area contributed by atoms with E-state index in [9.17, 15) is 16.8 Å². The molecule has 0 spiro atoms. The van der Waals surface area contributed by atoms with Crippen LogP contribution in [0.25, 0.3) is 0 Å². The quantitative estimate of drug-likeness (QED) is 0.656. The maximum atomic E-state index is 13.5. The molecule has 1 fully saturated rings. The largest absolute Gasteiger partial charge is 0.490 e. The fourth-order valence-electron chi connectivity index (χ4n) is 4.49. The smallest absolute Gasteiger partial charge is 0.264 e. The molecule has 2 aromatic rings. The number of fused-ring (bicyclic) bond motifs is 1. The molecular formula is C23H30N2O5S2. The summed E-state index contributed by atoms with van der Waals surface area (Å²) in [6.45, 7) is 3.47. The topological polar surface area (TPSA) is 84.0 Å². The first-order valence-corrected chi connectivity index (χ1v) is 14.3. The van der Waals surface area contributed by atoms with Crippen LogP contribution in [0.2, 0.25) is 0 Å². The van der Waals surface area contributed by atoms with Crippen LogP contribution in [0.3, 0.4) is 0 Å². The van der Waals surface area contributed by atoms with Crippen LogP contribution in [0.15, 0.2) is 53.4 Å². The van der Waals surface area contributed by atoms with Gasteiger partial charge >= 0.3 is 0 Å². The molecular weight excluding hydrogens is 448 g/mol. The molecule has 174 valence electrons. The molecule has 2 aliphatic rings. The molecule has 0 aromatic heterocycles. The lowest BCUT2D eigenvalue weighted by Gasteiger charge is -2.30. The van der Waals surface area contributed by atoms with Gasteiger partial charge in [0.1, 0.15) is 11.9 Å². The molecule has 2 aromatic carbocycles. The van der Waals surface area contributed by atoms with Crippen LogP contribution in [-0.2, 0) is 20.0 Å². The second-order valence-corrected chi connectivity index (χ2v) is 12.5. The number of hydrogen-bond acceptors (Lipinski definition) is 5. The van der Waals surface area contributed by atoms with Crippen LogP contribution < -0.4 is 9.04 Å². The molecule has 1 atom stereocenters. The molecule has 0 radical (unpaired) electrons. The third-order valence-corrected chi connectivity index (χ3v) is 9.45. The van der Waals surface area contributed by atoms with Crippen molar-refractivity contribution in [2.75, 3.05) is 30.2 Å². The number of para-hydroxylation sites is 1. The van der Waals surface area contributed by atoms with Crippen molar-refractivity contribution in [1.82, 2.24) is 4.31 Å². The Bertz CT molecular complexity index is 1160. The van der Waals surface area contributed by atoms with Crippen LogP contribution in [0.5, 0.6) is 5.75 Å². The van der Waals surface area contributed by atoms with E-state index in [1.807, 2.05) is 24.3 Å². The van der Waals surface area contributed by atoms with Crippen molar-refractivity contribution in [2.24, 2.45) is 0 Å². The summed E-state index contributed by atoms with van der Waals surface area (Å²) in [5.41, 5.74) is 1.82. The monoisotopic (exact) mass is 478 g/mol. The molecule has 0 bridgehead atoms. The summed E-state index contributed by atoms with van der Waals surface area (Å²) < 4.78 is 59.2. The molecule has 2 heterocycles. The standard InChI is InChI=1S/C23H30N2O5S2/c1-18-6-5-15-25(23-8-4-3-7-22(18)23)32(28,29)21-11-9-19(10-12-21)30-20-13-16-24(17-14-20)31(2,26)27/h3-4,7-12,18,20H,5-6,13-17H2,1-2H3. The highest BCUT2D eigenvalue weighted by Gasteiger charge is 2.30. The number of benzene rings is 2. The zero-order valence-corrected chi connectivity index (χ0v) is 20.1. The predicted molar refractivity (Wildman–Crippen MR) is 125 cm³/mol. The normalized spacial score (nSPS) is 21.1. The first kappa shape index (κ1) is 23.1. The molecule has 32 heavy (non-hydrogen) atoms. The van der Waals surface area contributed by atoms with Gasteiger partial charge in [0.15, 0.2) is 0 Å². The second-order valence-electron chi connectivity index (χ2n) is 8.63. The Morgan fingerprint density at radius 1 is 0.875 bits per heavy atom. The minimum absolute atomic E-state index is 0.0885. The van der Waals surface area contributed by atoms with Crippen molar-refractivity contribution in [3.63, 3.8) is 0 Å². The summed E-state index contributed by atoms with van der Waals surface area (Å²) in [5.74, 6) is 0.905. The van der Waals surface area contributed by atoms with Gasteiger partial charge in [-0.2, -0.15) is 0 Å². The van der Waals surface area contributed by atoms with Crippen molar-refractivity contribution < 1.29 is 21.6 Å². The minimum Gasteiger partial charge on any atom is -0.490 e. The molecule has 1 unspecified atom stereocenters. The Balaban J connectivity index is 1.49. The van der Waals surface area contributed by atoms with Crippen LogP contribution in [0.1, 0.15) is 44.1 Å². The Hall–Kier alpha value is -2.10. The molecule has 7 nitrogen and oxygen atoms in total. The van der Waals surface area contributed by atoms with Crippen molar-refractivity contribution in [3.8, 4) is 5.75 Å². The Labute approximate surface area is 191 Å². The van der Waals surface area contributed by atoms with Gasteiger partial charge in [0, 0.05) is 19.6 Å². The summed E-state index contributed by atoms with van der Waals surface area (Å²) >= 11 is 0. The highest BCUT2D eigenvalue weighted by atomic mass is 32.2. The summed E-state index contributed by atoms with van der Waals surface area (Å²) in [7, 11) is -6.87. The van der Waals surface area contributed by atoms with Crippen LogP contribution >= 0.6 is 0 Å². The molecule has 0 N–H and O–H groups in total.